The molecular formula is C23H25ClFN3O3. The van der Waals surface area contributed by atoms with Gasteiger partial charge in [0.15, 0.2) is 5.76 Å². The van der Waals surface area contributed by atoms with E-state index in [1.165, 1.54) is 6.07 Å². The van der Waals surface area contributed by atoms with Gasteiger partial charge in [-0.15, -0.1) is 0 Å². The predicted molar refractivity (Wildman–Crippen MR) is 118 cm³/mol. The predicted octanol–water partition coefficient (Wildman–Crippen LogP) is 4.27. The molecule has 31 heavy (non-hydrogen) atoms. The van der Waals surface area contributed by atoms with Crippen molar-refractivity contribution >= 4 is 28.5 Å². The van der Waals surface area contributed by atoms with Gasteiger partial charge in [0.1, 0.15) is 17.1 Å². The van der Waals surface area contributed by atoms with E-state index in [4.69, 9.17) is 20.8 Å². The number of amides is 1. The number of nitrogens with zero attached hydrogens (tertiary/aromatic N) is 2. The molecule has 0 unspecified atom stereocenters. The minimum absolute atomic E-state index is 0.248. The summed E-state index contributed by atoms with van der Waals surface area (Å²) in [5.74, 6) is 0.314. The van der Waals surface area contributed by atoms with Crippen molar-refractivity contribution in [1.29, 1.82) is 0 Å². The fourth-order valence-corrected chi connectivity index (χ4v) is 3.73. The van der Waals surface area contributed by atoms with Crippen molar-refractivity contribution in [3.05, 3.63) is 64.6 Å². The number of carbonyl (C=O) groups excluding carboxylic acids is 1. The summed E-state index contributed by atoms with van der Waals surface area (Å²) in [4.78, 5) is 14.8. The Hall–Kier alpha value is -2.61. The number of carbonyl (C=O) groups is 1. The van der Waals surface area contributed by atoms with Gasteiger partial charge in [-0.1, -0.05) is 17.7 Å². The maximum absolute atomic E-state index is 13.6. The van der Waals surface area contributed by atoms with Crippen LogP contribution >= 0.6 is 11.6 Å². The zero-order valence-electron chi connectivity index (χ0n) is 17.4. The van der Waals surface area contributed by atoms with Gasteiger partial charge in [-0.2, -0.15) is 0 Å². The van der Waals surface area contributed by atoms with E-state index in [1.54, 1.807) is 43.3 Å². The van der Waals surface area contributed by atoms with Crippen LogP contribution in [-0.4, -0.2) is 55.1 Å². The van der Waals surface area contributed by atoms with Crippen molar-refractivity contribution in [3.8, 4) is 5.75 Å². The molecule has 0 saturated carbocycles. The summed E-state index contributed by atoms with van der Waals surface area (Å²) in [7, 11) is 0. The molecule has 0 bridgehead atoms. The smallest absolute Gasteiger partial charge is 0.301 e. The van der Waals surface area contributed by atoms with Gasteiger partial charge in [0, 0.05) is 49.2 Å². The molecular weight excluding hydrogens is 421 g/mol. The minimum Gasteiger partial charge on any atom is -0.493 e. The molecule has 3 aromatic rings. The summed E-state index contributed by atoms with van der Waals surface area (Å²) in [6.07, 6.45) is 0.851. The second-order valence-corrected chi connectivity index (χ2v) is 8.11. The fraction of sp³-hybridized carbons (Fsp3) is 0.348. The third kappa shape index (κ3) is 5.55. The van der Waals surface area contributed by atoms with Crippen LogP contribution in [0, 0.1) is 12.7 Å². The van der Waals surface area contributed by atoms with Gasteiger partial charge in [0.25, 0.3) is 0 Å². The Balaban J connectivity index is 1.18. The number of rotatable bonds is 7. The number of furan rings is 1. The van der Waals surface area contributed by atoms with Gasteiger partial charge in [-0.05, 0) is 49.2 Å². The number of nitrogens with one attached hydrogen (secondary N) is 1. The lowest BCUT2D eigenvalue weighted by molar-refractivity contribution is 0.0589. The number of halogens is 2. The zero-order chi connectivity index (χ0) is 21.8. The van der Waals surface area contributed by atoms with Crippen molar-refractivity contribution in [1.82, 2.24) is 15.3 Å². The first-order chi connectivity index (χ1) is 15.0. The molecule has 1 amide bonds. The molecule has 8 heteroatoms. The van der Waals surface area contributed by atoms with E-state index in [0.717, 1.165) is 44.5 Å². The first kappa shape index (κ1) is 21.6. The highest BCUT2D eigenvalue weighted by Gasteiger charge is 2.20. The van der Waals surface area contributed by atoms with Crippen LogP contribution in [0.15, 0.2) is 46.9 Å². The van der Waals surface area contributed by atoms with Crippen molar-refractivity contribution < 1.29 is 18.3 Å². The third-order valence-corrected chi connectivity index (χ3v) is 5.60. The van der Waals surface area contributed by atoms with Crippen LogP contribution in [0.2, 0.25) is 5.02 Å². The SMILES string of the molecule is Cc1ccc(OCCCN2CCN(NC(=O)c3cc4cc(Cl)ccc4o3)CC2)cc1F. The van der Waals surface area contributed by atoms with Gasteiger partial charge >= 0.3 is 5.91 Å². The van der Waals surface area contributed by atoms with Crippen molar-refractivity contribution in [2.24, 2.45) is 0 Å². The maximum atomic E-state index is 13.6. The number of piperazine rings is 1. The second-order valence-electron chi connectivity index (χ2n) is 7.68. The topological polar surface area (TPSA) is 58.0 Å². The Morgan fingerprint density at radius 2 is 1.97 bits per heavy atom. The Labute approximate surface area is 185 Å². The van der Waals surface area contributed by atoms with Gasteiger partial charge in [-0.25, -0.2) is 9.40 Å². The number of hydrogen-bond donors (Lipinski definition) is 1. The molecule has 1 saturated heterocycles. The van der Waals surface area contributed by atoms with Crippen LogP contribution < -0.4 is 10.2 Å². The monoisotopic (exact) mass is 445 g/mol. The summed E-state index contributed by atoms with van der Waals surface area (Å²) in [5.41, 5.74) is 4.16. The number of aryl methyl sites for hydroxylation is 1. The number of hydrazine groups is 1. The molecule has 0 atom stereocenters. The van der Waals surface area contributed by atoms with E-state index in [2.05, 4.69) is 10.3 Å². The van der Waals surface area contributed by atoms with E-state index >= 15 is 0 Å². The molecule has 164 valence electrons. The third-order valence-electron chi connectivity index (χ3n) is 5.36. The van der Waals surface area contributed by atoms with Crippen LogP contribution in [0.4, 0.5) is 4.39 Å². The largest absolute Gasteiger partial charge is 0.493 e. The molecule has 1 aliphatic heterocycles. The number of ether oxygens (including phenoxy) is 1. The van der Waals surface area contributed by atoms with E-state index in [9.17, 15) is 9.18 Å². The highest BCUT2D eigenvalue weighted by Crippen LogP contribution is 2.23. The lowest BCUT2D eigenvalue weighted by Gasteiger charge is -2.34. The van der Waals surface area contributed by atoms with Crippen LogP contribution in [0.5, 0.6) is 5.75 Å². The number of fused-ring (bicyclic) bond motifs is 1. The average Bonchev–Trinajstić information content (AvgIpc) is 3.18. The van der Waals surface area contributed by atoms with Crippen molar-refractivity contribution in [3.63, 3.8) is 0 Å². The molecule has 0 radical (unpaired) electrons. The lowest BCUT2D eigenvalue weighted by Crippen LogP contribution is -2.53. The Morgan fingerprint density at radius 3 is 2.74 bits per heavy atom. The molecule has 1 N–H and O–H groups in total. The second kappa shape index (κ2) is 9.68. The van der Waals surface area contributed by atoms with Crippen molar-refractivity contribution in [2.75, 3.05) is 39.3 Å². The van der Waals surface area contributed by atoms with Gasteiger partial charge < -0.3 is 14.1 Å². The van der Waals surface area contributed by atoms with Crippen LogP contribution in [0.1, 0.15) is 22.5 Å². The molecule has 4 rings (SSSR count). The maximum Gasteiger partial charge on any atom is 0.301 e. The summed E-state index contributed by atoms with van der Waals surface area (Å²) >= 11 is 5.99. The lowest BCUT2D eigenvalue weighted by atomic mass is 10.2. The van der Waals surface area contributed by atoms with Crippen LogP contribution in [0.3, 0.4) is 0 Å². The molecule has 6 nitrogen and oxygen atoms in total. The molecule has 0 aliphatic carbocycles. The molecule has 1 aromatic heterocycles. The Morgan fingerprint density at radius 1 is 1.16 bits per heavy atom. The molecule has 1 fully saturated rings. The summed E-state index contributed by atoms with van der Waals surface area (Å²) in [6, 6.07) is 11.9. The standard InChI is InChI=1S/C23H25ClFN3O3/c1-16-3-5-19(15-20(16)25)30-12-2-7-27-8-10-28(11-9-27)26-23(29)22-14-17-13-18(24)4-6-21(17)31-22/h3-6,13-15H,2,7-12H2,1H3,(H,26,29). The Bertz CT molecular complexity index is 1060. The van der Waals surface area contributed by atoms with E-state index in [0.29, 0.717) is 28.5 Å². The number of hydrogen-bond acceptors (Lipinski definition) is 5. The fourth-order valence-electron chi connectivity index (χ4n) is 3.55. The van der Waals surface area contributed by atoms with Crippen LogP contribution in [-0.2, 0) is 0 Å². The van der Waals surface area contributed by atoms with E-state index in [-0.39, 0.29) is 17.5 Å². The van der Waals surface area contributed by atoms with E-state index < -0.39 is 0 Å². The molecule has 2 heterocycles. The minimum atomic E-state index is -0.264. The summed E-state index contributed by atoms with van der Waals surface area (Å²) in [6.45, 7) is 6.29. The normalized spacial score (nSPS) is 15.3. The highest BCUT2D eigenvalue weighted by atomic mass is 35.5. The highest BCUT2D eigenvalue weighted by molar-refractivity contribution is 6.31. The zero-order valence-corrected chi connectivity index (χ0v) is 18.1. The molecule has 0 spiro atoms. The Kier molecular flexibility index (Phi) is 6.75. The van der Waals surface area contributed by atoms with Gasteiger partial charge in [-0.3, -0.25) is 10.2 Å². The molecule has 1 aliphatic rings. The quantitative estimate of drug-likeness (QED) is 0.550. The first-order valence-corrected chi connectivity index (χ1v) is 10.7. The van der Waals surface area contributed by atoms with E-state index in [1.807, 2.05) is 5.01 Å². The molecule has 2 aromatic carbocycles. The van der Waals surface area contributed by atoms with Gasteiger partial charge in [0.2, 0.25) is 0 Å². The number of benzene rings is 2. The summed E-state index contributed by atoms with van der Waals surface area (Å²) in [5, 5.41) is 3.32. The average molecular weight is 446 g/mol. The van der Waals surface area contributed by atoms with Crippen molar-refractivity contribution in [2.45, 2.75) is 13.3 Å². The first-order valence-electron chi connectivity index (χ1n) is 10.3. The summed E-state index contributed by atoms with van der Waals surface area (Å²) < 4.78 is 24.8. The van der Waals surface area contributed by atoms with Gasteiger partial charge in [0.05, 0.1) is 6.61 Å². The van der Waals surface area contributed by atoms with Crippen LogP contribution in [0.25, 0.3) is 11.0 Å².